The van der Waals surface area contributed by atoms with E-state index in [0.29, 0.717) is 0 Å². The Hall–Kier alpha value is -0.240. The molecule has 0 radical (unpaired) electrons. The van der Waals surface area contributed by atoms with Gasteiger partial charge in [-0.15, -0.1) is 0 Å². The summed E-state index contributed by atoms with van der Waals surface area (Å²) >= 11 is 5.42. The van der Waals surface area contributed by atoms with E-state index in [1.165, 1.54) is 6.07 Å². The number of aliphatic hydroxyl groups is 1. The molecule has 9 nitrogen and oxygen atoms in total. The van der Waals surface area contributed by atoms with Gasteiger partial charge >= 0.3 is 15.2 Å². The minimum absolute atomic E-state index is 0.0269. The van der Waals surface area contributed by atoms with Crippen molar-refractivity contribution in [1.29, 1.82) is 0 Å². The van der Waals surface area contributed by atoms with Crippen LogP contribution in [-0.2, 0) is 15.6 Å². The number of nitrogens with zero attached hydrogens (tertiary/aromatic N) is 1. The zero-order valence-corrected chi connectivity index (χ0v) is 11.2. The Labute approximate surface area is 106 Å². The van der Waals surface area contributed by atoms with Crippen LogP contribution in [0.1, 0.15) is 12.2 Å². The maximum atomic E-state index is 11.0. The van der Waals surface area contributed by atoms with Gasteiger partial charge in [0, 0.05) is 18.9 Å². The third-order valence-electron chi connectivity index (χ3n) is 2.17. The molecule has 0 atom stereocenters. The molecule has 0 spiro atoms. The quantitative estimate of drug-likeness (QED) is 0.479. The summed E-state index contributed by atoms with van der Waals surface area (Å²) in [5, 5.41) is 9.31. The van der Waals surface area contributed by atoms with Gasteiger partial charge in [-0.05, 0) is 0 Å². The minimum atomic E-state index is -5.44. The highest BCUT2D eigenvalue weighted by atomic mass is 35.5. The summed E-state index contributed by atoms with van der Waals surface area (Å²) in [6.45, 7) is 0. The van der Waals surface area contributed by atoms with Gasteiger partial charge in [-0.3, -0.25) is 9.13 Å². The largest absolute Gasteiger partial charge is 0.369 e. The van der Waals surface area contributed by atoms with Gasteiger partial charge in [-0.1, -0.05) is 16.8 Å². The molecule has 0 aliphatic carbocycles. The van der Waals surface area contributed by atoms with Gasteiger partial charge in [0.05, 0.1) is 0 Å². The number of hydrogen-bond acceptors (Lipinski definition) is 5. The van der Waals surface area contributed by atoms with E-state index in [4.69, 9.17) is 31.2 Å². The van der Waals surface area contributed by atoms with Crippen molar-refractivity contribution in [2.45, 2.75) is 17.9 Å². The maximum absolute atomic E-state index is 11.0. The Morgan fingerprint density at radius 3 is 2.11 bits per heavy atom. The molecule has 0 amide bonds. The molecule has 0 aromatic carbocycles. The smallest absolute Gasteiger partial charge is 0.368 e. The van der Waals surface area contributed by atoms with E-state index in [1.807, 2.05) is 0 Å². The van der Waals surface area contributed by atoms with Crippen molar-refractivity contribution in [3.63, 3.8) is 0 Å². The second kappa shape index (κ2) is 5.03. The summed E-state index contributed by atoms with van der Waals surface area (Å²) in [7, 11) is -10.9. The van der Waals surface area contributed by atoms with Gasteiger partial charge in [0.2, 0.25) is 0 Å². The van der Waals surface area contributed by atoms with E-state index >= 15 is 0 Å². The van der Waals surface area contributed by atoms with E-state index in [9.17, 15) is 14.2 Å². The van der Waals surface area contributed by atoms with E-state index < -0.39 is 26.7 Å². The molecule has 0 aliphatic rings. The molecule has 0 saturated heterocycles. The van der Waals surface area contributed by atoms with Crippen LogP contribution in [0.15, 0.2) is 10.6 Å². The number of aryl methyl sites for hydroxylation is 1. The molecular weight excluding hydrogens is 311 g/mol. The van der Waals surface area contributed by atoms with Gasteiger partial charge in [0.25, 0.3) is 5.08 Å². The Morgan fingerprint density at radius 2 is 1.78 bits per heavy atom. The van der Waals surface area contributed by atoms with Crippen LogP contribution in [0.3, 0.4) is 0 Å². The number of hydrogen-bond donors (Lipinski definition) is 5. The van der Waals surface area contributed by atoms with Crippen LogP contribution in [0, 0.1) is 0 Å². The van der Waals surface area contributed by atoms with Crippen molar-refractivity contribution >= 4 is 26.8 Å². The predicted octanol–water partition coefficient (Wildman–Crippen LogP) is 0.262. The van der Waals surface area contributed by atoms with Crippen LogP contribution in [0.2, 0.25) is 5.15 Å². The third-order valence-corrected chi connectivity index (χ3v) is 6.22. The minimum Gasteiger partial charge on any atom is -0.368 e. The zero-order valence-electron chi connectivity index (χ0n) is 8.67. The average molecular weight is 322 g/mol. The molecule has 1 aromatic heterocycles. The number of rotatable bonds is 5. The number of halogens is 1. The fraction of sp³-hybridized carbons (Fsp3) is 0.500. The predicted molar refractivity (Wildman–Crippen MR) is 58.9 cm³/mol. The van der Waals surface area contributed by atoms with Crippen molar-refractivity contribution in [1.82, 2.24) is 5.16 Å². The van der Waals surface area contributed by atoms with Gasteiger partial charge in [-0.2, -0.15) is 0 Å². The van der Waals surface area contributed by atoms with Gasteiger partial charge in [-0.25, -0.2) is 0 Å². The molecule has 5 N–H and O–H groups in total. The van der Waals surface area contributed by atoms with Crippen molar-refractivity contribution in [3.8, 4) is 0 Å². The Kier molecular flexibility index (Phi) is 4.42. The summed E-state index contributed by atoms with van der Waals surface area (Å²) in [5.41, 5.74) is 0. The van der Waals surface area contributed by atoms with Crippen LogP contribution in [0.4, 0.5) is 0 Å². The lowest BCUT2D eigenvalue weighted by atomic mass is 10.2. The van der Waals surface area contributed by atoms with Crippen LogP contribution in [0.25, 0.3) is 0 Å². The summed E-state index contributed by atoms with van der Waals surface area (Å²) in [4.78, 5) is 35.4. The highest BCUT2D eigenvalue weighted by Gasteiger charge is 2.58. The summed E-state index contributed by atoms with van der Waals surface area (Å²) in [6.07, 6.45) is -1.26. The second-order valence-corrected chi connectivity index (χ2v) is 7.87. The lowest BCUT2D eigenvalue weighted by Gasteiger charge is -2.28. The van der Waals surface area contributed by atoms with E-state index in [-0.39, 0.29) is 17.3 Å². The highest BCUT2D eigenvalue weighted by molar-refractivity contribution is 7.72. The molecule has 1 heterocycles. The van der Waals surface area contributed by atoms with Crippen LogP contribution >= 0.6 is 26.8 Å². The molecular formula is C6H10ClNO8P2. The SMILES string of the molecule is O=P(O)(O)C(O)(CCc1cc(Cl)no1)P(=O)(O)O. The van der Waals surface area contributed by atoms with Crippen molar-refractivity contribution in [3.05, 3.63) is 17.0 Å². The van der Waals surface area contributed by atoms with Gasteiger partial charge in [0.1, 0.15) is 5.76 Å². The fourth-order valence-electron chi connectivity index (χ4n) is 1.16. The fourth-order valence-corrected chi connectivity index (χ4v) is 3.48. The molecule has 12 heteroatoms. The first-order valence-corrected chi connectivity index (χ1v) is 8.02. The Morgan fingerprint density at radius 1 is 1.28 bits per heavy atom. The first-order chi connectivity index (χ1) is 7.97. The van der Waals surface area contributed by atoms with E-state index in [0.717, 1.165) is 0 Å². The Bertz CT molecular complexity index is 495. The first kappa shape index (κ1) is 15.8. The standard InChI is InChI=1S/C6H10ClNO8P2/c7-5-3-4(16-8-5)1-2-6(9,17(10,11)12)18(13,14)15/h3,9H,1-2H2,(H2,10,11,12)(H2,13,14,15). The molecule has 1 aromatic rings. The summed E-state index contributed by atoms with van der Waals surface area (Å²) < 4.78 is 26.6. The molecule has 0 bridgehead atoms. The van der Waals surface area contributed by atoms with E-state index in [1.54, 1.807) is 0 Å². The van der Waals surface area contributed by atoms with Crippen molar-refractivity contribution < 1.29 is 38.3 Å². The topological polar surface area (TPSA) is 161 Å². The van der Waals surface area contributed by atoms with Crippen LogP contribution < -0.4 is 0 Å². The maximum Gasteiger partial charge on any atom is 0.369 e. The lowest BCUT2D eigenvalue weighted by molar-refractivity contribution is 0.121. The first-order valence-electron chi connectivity index (χ1n) is 4.42. The molecule has 0 saturated carbocycles. The van der Waals surface area contributed by atoms with Crippen molar-refractivity contribution in [2.75, 3.05) is 0 Å². The molecule has 0 unspecified atom stereocenters. The molecule has 1 rings (SSSR count). The van der Waals surface area contributed by atoms with E-state index in [2.05, 4.69) is 9.68 Å². The monoisotopic (exact) mass is 321 g/mol. The van der Waals surface area contributed by atoms with Crippen LogP contribution in [-0.4, -0.2) is 34.9 Å². The number of aromatic nitrogens is 1. The lowest BCUT2D eigenvalue weighted by Crippen LogP contribution is -2.29. The molecule has 0 fully saturated rings. The molecule has 18 heavy (non-hydrogen) atoms. The van der Waals surface area contributed by atoms with Crippen molar-refractivity contribution in [2.24, 2.45) is 0 Å². The van der Waals surface area contributed by atoms with Gasteiger partial charge in [0.15, 0.2) is 5.15 Å². The average Bonchev–Trinajstić information content (AvgIpc) is 2.57. The normalized spacial score (nSPS) is 13.9. The third kappa shape index (κ3) is 3.20. The zero-order chi connectivity index (χ0) is 14.2. The van der Waals surface area contributed by atoms with Crippen LogP contribution in [0.5, 0.6) is 0 Å². The summed E-state index contributed by atoms with van der Waals surface area (Å²) in [5.74, 6) is 0.0281. The second-order valence-electron chi connectivity index (χ2n) is 3.48. The summed E-state index contributed by atoms with van der Waals surface area (Å²) in [6, 6.07) is 1.20. The highest BCUT2D eigenvalue weighted by Crippen LogP contribution is 2.69. The molecule has 0 aliphatic heterocycles. The van der Waals surface area contributed by atoms with Gasteiger partial charge < -0.3 is 29.2 Å². The Balaban J connectivity index is 2.95. The molecule has 104 valence electrons.